The van der Waals surface area contributed by atoms with Crippen molar-refractivity contribution >= 4 is 5.69 Å². The minimum atomic E-state index is 0.279. The Labute approximate surface area is 106 Å². The van der Waals surface area contributed by atoms with Gasteiger partial charge in [-0.25, -0.2) is 0 Å². The summed E-state index contributed by atoms with van der Waals surface area (Å²) in [6, 6.07) is 6.72. The zero-order chi connectivity index (χ0) is 13.1. The van der Waals surface area contributed by atoms with E-state index in [9.17, 15) is 0 Å². The van der Waals surface area contributed by atoms with Gasteiger partial charge in [-0.2, -0.15) is 0 Å². The largest absolute Gasteiger partial charge is 0.374 e. The molecule has 0 amide bonds. The van der Waals surface area contributed by atoms with Gasteiger partial charge in [-0.1, -0.05) is 19.9 Å². The van der Waals surface area contributed by atoms with E-state index in [1.165, 1.54) is 16.8 Å². The molecule has 96 valence electrons. The van der Waals surface area contributed by atoms with Crippen LogP contribution in [0.25, 0.3) is 0 Å². The first-order valence-electron chi connectivity index (χ1n) is 6.28. The molecule has 0 spiro atoms. The zero-order valence-corrected chi connectivity index (χ0v) is 12.1. The van der Waals surface area contributed by atoms with Crippen LogP contribution in [0.3, 0.4) is 0 Å². The summed E-state index contributed by atoms with van der Waals surface area (Å²) in [5, 5.41) is 3.26. The third kappa shape index (κ3) is 4.39. The van der Waals surface area contributed by atoms with Gasteiger partial charge in [0.2, 0.25) is 0 Å². The Bertz CT molecular complexity index is 349. The number of nitrogens with zero attached hydrogens (tertiary/aromatic N) is 1. The van der Waals surface area contributed by atoms with Crippen molar-refractivity contribution in [3.63, 3.8) is 0 Å². The minimum Gasteiger partial charge on any atom is -0.374 e. The first-order chi connectivity index (χ1) is 7.84. The molecule has 2 nitrogen and oxygen atoms in total. The summed E-state index contributed by atoms with van der Waals surface area (Å²) in [7, 11) is 4.18. The molecule has 17 heavy (non-hydrogen) atoms. The molecule has 0 bridgehead atoms. The van der Waals surface area contributed by atoms with Crippen LogP contribution in [0.1, 0.15) is 25.0 Å². The smallest absolute Gasteiger partial charge is 0.0369 e. The molecule has 0 aliphatic carbocycles. The summed E-state index contributed by atoms with van der Waals surface area (Å²) in [4.78, 5) is 2.34. The molecule has 0 fully saturated rings. The summed E-state index contributed by atoms with van der Waals surface area (Å²) < 4.78 is 0. The van der Waals surface area contributed by atoms with E-state index in [0.717, 1.165) is 13.1 Å². The van der Waals surface area contributed by atoms with Crippen LogP contribution in [0.15, 0.2) is 18.2 Å². The lowest BCUT2D eigenvalue weighted by atomic mass is 9.92. The van der Waals surface area contributed by atoms with Gasteiger partial charge in [-0.3, -0.25) is 0 Å². The van der Waals surface area contributed by atoms with E-state index >= 15 is 0 Å². The summed E-state index contributed by atoms with van der Waals surface area (Å²) in [5.41, 5.74) is 4.25. The van der Waals surface area contributed by atoms with Crippen molar-refractivity contribution in [2.45, 2.75) is 27.7 Å². The van der Waals surface area contributed by atoms with Crippen molar-refractivity contribution < 1.29 is 0 Å². The van der Waals surface area contributed by atoms with Crippen LogP contribution in [-0.2, 0) is 0 Å². The van der Waals surface area contributed by atoms with Gasteiger partial charge in [0.15, 0.2) is 0 Å². The monoisotopic (exact) mass is 234 g/mol. The number of hydrogen-bond acceptors (Lipinski definition) is 2. The van der Waals surface area contributed by atoms with Crippen molar-refractivity contribution in [1.29, 1.82) is 0 Å². The van der Waals surface area contributed by atoms with Gasteiger partial charge in [-0.15, -0.1) is 0 Å². The molecule has 0 aromatic heterocycles. The molecule has 0 saturated heterocycles. The van der Waals surface area contributed by atoms with Gasteiger partial charge in [0.1, 0.15) is 0 Å². The fraction of sp³-hybridized carbons (Fsp3) is 0.600. The summed E-state index contributed by atoms with van der Waals surface area (Å²) in [5.74, 6) is 0. The number of rotatable bonds is 5. The van der Waals surface area contributed by atoms with Gasteiger partial charge in [0, 0.05) is 25.8 Å². The van der Waals surface area contributed by atoms with E-state index in [0.29, 0.717) is 0 Å². The van der Waals surface area contributed by atoms with Crippen LogP contribution in [-0.4, -0.2) is 27.2 Å². The first-order valence-corrected chi connectivity index (χ1v) is 6.28. The second-order valence-corrected chi connectivity index (χ2v) is 5.90. The molecule has 0 atom stereocenters. The molecule has 0 aliphatic heterocycles. The maximum absolute atomic E-state index is 3.26. The van der Waals surface area contributed by atoms with Crippen molar-refractivity contribution in [3.8, 4) is 0 Å². The quantitative estimate of drug-likeness (QED) is 0.842. The first kappa shape index (κ1) is 14.0. The zero-order valence-electron chi connectivity index (χ0n) is 12.1. The highest BCUT2D eigenvalue weighted by atomic mass is 15.1. The lowest BCUT2D eigenvalue weighted by molar-refractivity contribution is 0.358. The van der Waals surface area contributed by atoms with E-state index in [1.54, 1.807) is 0 Å². The van der Waals surface area contributed by atoms with Gasteiger partial charge >= 0.3 is 0 Å². The SMILES string of the molecule is CNCC(C)(C)CN(C)c1cc(C)cc(C)c1. The molecular weight excluding hydrogens is 208 g/mol. The predicted octanol–water partition coefficient (Wildman–Crippen LogP) is 2.99. The maximum atomic E-state index is 3.26. The third-order valence-corrected chi connectivity index (χ3v) is 2.97. The van der Waals surface area contributed by atoms with Crippen LogP contribution in [0.5, 0.6) is 0 Å². The average molecular weight is 234 g/mol. The minimum absolute atomic E-state index is 0.279. The summed E-state index contributed by atoms with van der Waals surface area (Å²) >= 11 is 0. The second-order valence-electron chi connectivity index (χ2n) is 5.90. The van der Waals surface area contributed by atoms with E-state index < -0.39 is 0 Å². The van der Waals surface area contributed by atoms with Crippen LogP contribution in [0.2, 0.25) is 0 Å². The van der Waals surface area contributed by atoms with Crippen LogP contribution < -0.4 is 10.2 Å². The topological polar surface area (TPSA) is 15.3 Å². The molecule has 1 aromatic carbocycles. The van der Waals surface area contributed by atoms with Crippen LogP contribution in [0.4, 0.5) is 5.69 Å². The molecule has 1 N–H and O–H groups in total. The Morgan fingerprint density at radius 1 is 1.12 bits per heavy atom. The van der Waals surface area contributed by atoms with E-state index in [4.69, 9.17) is 0 Å². The Morgan fingerprint density at radius 3 is 2.12 bits per heavy atom. The Balaban J connectivity index is 2.79. The molecule has 0 radical (unpaired) electrons. The number of benzene rings is 1. The van der Waals surface area contributed by atoms with E-state index in [1.807, 2.05) is 7.05 Å². The summed E-state index contributed by atoms with van der Waals surface area (Å²) in [6.45, 7) is 11.0. The lowest BCUT2D eigenvalue weighted by Crippen LogP contribution is -2.38. The normalized spacial score (nSPS) is 11.6. The highest BCUT2D eigenvalue weighted by Gasteiger charge is 2.19. The van der Waals surface area contributed by atoms with E-state index in [2.05, 4.69) is 63.2 Å². The lowest BCUT2D eigenvalue weighted by Gasteiger charge is -2.31. The predicted molar refractivity (Wildman–Crippen MR) is 76.9 cm³/mol. The van der Waals surface area contributed by atoms with Gasteiger partial charge < -0.3 is 10.2 Å². The molecule has 0 heterocycles. The van der Waals surface area contributed by atoms with Crippen molar-refractivity contribution in [3.05, 3.63) is 29.3 Å². The third-order valence-electron chi connectivity index (χ3n) is 2.97. The Kier molecular flexibility index (Phi) is 4.58. The molecule has 2 heteroatoms. The number of nitrogens with one attached hydrogen (secondary N) is 1. The number of anilines is 1. The van der Waals surface area contributed by atoms with E-state index in [-0.39, 0.29) is 5.41 Å². The van der Waals surface area contributed by atoms with Crippen molar-refractivity contribution in [2.24, 2.45) is 5.41 Å². The molecule has 0 aliphatic rings. The molecule has 0 unspecified atom stereocenters. The molecular formula is C15H26N2. The number of aryl methyl sites for hydroxylation is 2. The highest BCUT2D eigenvalue weighted by Crippen LogP contribution is 2.22. The highest BCUT2D eigenvalue weighted by molar-refractivity contribution is 5.50. The summed E-state index contributed by atoms with van der Waals surface area (Å²) in [6.07, 6.45) is 0. The second kappa shape index (κ2) is 5.54. The molecule has 1 rings (SSSR count). The number of hydrogen-bond donors (Lipinski definition) is 1. The Hall–Kier alpha value is -1.02. The van der Waals surface area contributed by atoms with Gasteiger partial charge in [0.25, 0.3) is 0 Å². The van der Waals surface area contributed by atoms with Crippen molar-refractivity contribution in [2.75, 3.05) is 32.1 Å². The Morgan fingerprint density at radius 2 is 1.65 bits per heavy atom. The van der Waals surface area contributed by atoms with Crippen LogP contribution in [0, 0.1) is 19.3 Å². The fourth-order valence-electron chi connectivity index (χ4n) is 2.44. The average Bonchev–Trinajstić information content (AvgIpc) is 2.14. The van der Waals surface area contributed by atoms with Crippen molar-refractivity contribution in [1.82, 2.24) is 5.32 Å². The van der Waals surface area contributed by atoms with Gasteiger partial charge in [-0.05, 0) is 49.6 Å². The standard InChI is InChI=1S/C15H26N2/c1-12-7-13(2)9-14(8-12)17(6)11-15(3,4)10-16-5/h7-9,16H,10-11H2,1-6H3. The maximum Gasteiger partial charge on any atom is 0.0369 e. The van der Waals surface area contributed by atoms with Gasteiger partial charge in [0.05, 0.1) is 0 Å². The molecule has 1 aromatic rings. The molecule has 0 saturated carbocycles. The van der Waals surface area contributed by atoms with Crippen LogP contribution >= 0.6 is 0 Å². The fourth-order valence-corrected chi connectivity index (χ4v) is 2.44.